The van der Waals surface area contributed by atoms with Crippen LogP contribution >= 0.6 is 0 Å². The Morgan fingerprint density at radius 1 is 1.03 bits per heavy atom. The molecule has 0 aromatic heterocycles. The molecule has 2 aromatic rings. The van der Waals surface area contributed by atoms with Gasteiger partial charge in [-0.05, 0) is 31.0 Å². The first-order valence-electron chi connectivity index (χ1n) is 9.76. The van der Waals surface area contributed by atoms with Crippen molar-refractivity contribution in [3.63, 3.8) is 0 Å². The van der Waals surface area contributed by atoms with Crippen LogP contribution in [0.4, 0.5) is 5.69 Å². The SMILES string of the molecule is CC[C@H](C(=O)NC)N(Cc1ccc(C)cc1)C(=O)CN(c1ccccc1)S(C)(=O)=O. The van der Waals surface area contributed by atoms with Gasteiger partial charge in [-0.3, -0.25) is 13.9 Å². The van der Waals surface area contributed by atoms with Crippen LogP contribution < -0.4 is 9.62 Å². The third-order valence-electron chi connectivity index (χ3n) is 4.83. The van der Waals surface area contributed by atoms with E-state index < -0.39 is 22.0 Å². The summed E-state index contributed by atoms with van der Waals surface area (Å²) in [5.74, 6) is -0.733. The number of aryl methyl sites for hydroxylation is 1. The molecule has 0 unspecified atom stereocenters. The van der Waals surface area contributed by atoms with Gasteiger partial charge in [-0.25, -0.2) is 8.42 Å². The molecule has 2 aromatic carbocycles. The molecule has 7 nitrogen and oxygen atoms in total. The summed E-state index contributed by atoms with van der Waals surface area (Å²) in [4.78, 5) is 27.2. The van der Waals surface area contributed by atoms with Crippen LogP contribution in [0.3, 0.4) is 0 Å². The van der Waals surface area contributed by atoms with Gasteiger partial charge in [-0.2, -0.15) is 0 Å². The Morgan fingerprint density at radius 2 is 1.63 bits per heavy atom. The summed E-state index contributed by atoms with van der Waals surface area (Å²) in [6.07, 6.45) is 1.47. The van der Waals surface area contributed by atoms with Crippen molar-refractivity contribution in [2.45, 2.75) is 32.9 Å². The van der Waals surface area contributed by atoms with Gasteiger partial charge < -0.3 is 10.2 Å². The monoisotopic (exact) mass is 431 g/mol. The molecule has 0 bridgehead atoms. The van der Waals surface area contributed by atoms with Crippen molar-refractivity contribution in [3.8, 4) is 0 Å². The van der Waals surface area contributed by atoms with Crippen LogP contribution in [0.5, 0.6) is 0 Å². The molecule has 0 saturated heterocycles. The van der Waals surface area contributed by atoms with Crippen molar-refractivity contribution in [2.75, 3.05) is 24.2 Å². The Hall–Kier alpha value is -2.87. The van der Waals surface area contributed by atoms with E-state index in [0.29, 0.717) is 12.1 Å². The number of hydrogen-bond donors (Lipinski definition) is 1. The van der Waals surface area contributed by atoms with Gasteiger partial charge in [-0.15, -0.1) is 0 Å². The van der Waals surface area contributed by atoms with Crippen molar-refractivity contribution >= 4 is 27.5 Å². The highest BCUT2D eigenvalue weighted by molar-refractivity contribution is 7.92. The summed E-state index contributed by atoms with van der Waals surface area (Å²) in [5, 5.41) is 2.60. The van der Waals surface area contributed by atoms with Crippen molar-refractivity contribution in [3.05, 3.63) is 65.7 Å². The number of anilines is 1. The second kappa shape index (κ2) is 10.2. The smallest absolute Gasteiger partial charge is 0.244 e. The lowest BCUT2D eigenvalue weighted by molar-refractivity contribution is -0.140. The molecule has 0 radical (unpaired) electrons. The predicted molar refractivity (Wildman–Crippen MR) is 119 cm³/mol. The highest BCUT2D eigenvalue weighted by Crippen LogP contribution is 2.19. The fourth-order valence-corrected chi connectivity index (χ4v) is 4.03. The fourth-order valence-electron chi connectivity index (χ4n) is 3.18. The van der Waals surface area contributed by atoms with Gasteiger partial charge in [0, 0.05) is 13.6 Å². The molecule has 0 aliphatic rings. The molecule has 0 aliphatic heterocycles. The van der Waals surface area contributed by atoms with Crippen LogP contribution in [0, 0.1) is 6.92 Å². The number of carbonyl (C=O) groups is 2. The molecule has 0 heterocycles. The van der Waals surface area contributed by atoms with Crippen LogP contribution in [0.25, 0.3) is 0 Å². The van der Waals surface area contributed by atoms with Crippen molar-refractivity contribution in [2.24, 2.45) is 0 Å². The molecule has 2 rings (SSSR count). The number of amides is 2. The van der Waals surface area contributed by atoms with Crippen LogP contribution in [0.1, 0.15) is 24.5 Å². The molecular formula is C22H29N3O4S. The molecule has 8 heteroatoms. The van der Waals surface area contributed by atoms with Gasteiger partial charge in [0.15, 0.2) is 0 Å². The fraction of sp³-hybridized carbons (Fsp3) is 0.364. The van der Waals surface area contributed by atoms with Crippen LogP contribution in [0.15, 0.2) is 54.6 Å². The average molecular weight is 432 g/mol. The lowest BCUT2D eigenvalue weighted by Crippen LogP contribution is -2.51. The summed E-state index contributed by atoms with van der Waals surface area (Å²) in [7, 11) is -2.18. The van der Waals surface area contributed by atoms with Gasteiger partial charge in [0.05, 0.1) is 11.9 Å². The van der Waals surface area contributed by atoms with Crippen LogP contribution in [0.2, 0.25) is 0 Å². The van der Waals surface area contributed by atoms with E-state index in [-0.39, 0.29) is 19.0 Å². The number of para-hydroxylation sites is 1. The van der Waals surface area contributed by atoms with Gasteiger partial charge >= 0.3 is 0 Å². The third-order valence-corrected chi connectivity index (χ3v) is 5.97. The Morgan fingerprint density at radius 3 is 2.13 bits per heavy atom. The molecule has 162 valence electrons. The number of carbonyl (C=O) groups excluding carboxylic acids is 2. The van der Waals surface area contributed by atoms with Crippen LogP contribution in [-0.2, 0) is 26.2 Å². The van der Waals surface area contributed by atoms with Crippen molar-refractivity contribution in [1.29, 1.82) is 0 Å². The topological polar surface area (TPSA) is 86.8 Å². The highest BCUT2D eigenvalue weighted by Gasteiger charge is 2.31. The number of likely N-dealkylation sites (N-methyl/N-ethyl adjacent to an activating group) is 1. The largest absolute Gasteiger partial charge is 0.357 e. The first-order valence-corrected chi connectivity index (χ1v) is 11.6. The summed E-state index contributed by atoms with van der Waals surface area (Å²) in [6, 6.07) is 15.4. The Balaban J connectivity index is 2.38. The Kier molecular flexibility index (Phi) is 8.00. The zero-order valence-corrected chi connectivity index (χ0v) is 18.6. The third kappa shape index (κ3) is 6.06. The maximum Gasteiger partial charge on any atom is 0.244 e. The second-order valence-electron chi connectivity index (χ2n) is 7.15. The van der Waals surface area contributed by atoms with Crippen molar-refractivity contribution in [1.82, 2.24) is 10.2 Å². The number of nitrogens with one attached hydrogen (secondary N) is 1. The Bertz CT molecular complexity index is 960. The standard InChI is InChI=1S/C22H29N3O4S/c1-5-20(22(27)23-3)24(15-18-13-11-17(2)12-14-18)21(26)16-25(30(4,28)29)19-9-7-6-8-10-19/h6-14,20H,5,15-16H2,1-4H3,(H,23,27)/t20-/m1/s1. The van der Waals surface area contributed by atoms with E-state index in [1.165, 1.54) is 11.9 Å². The van der Waals surface area contributed by atoms with Gasteiger partial charge in [0.25, 0.3) is 0 Å². The minimum Gasteiger partial charge on any atom is -0.357 e. The molecule has 0 saturated carbocycles. The number of hydrogen-bond acceptors (Lipinski definition) is 4. The summed E-state index contributed by atoms with van der Waals surface area (Å²) in [5.41, 5.74) is 2.35. The molecular weight excluding hydrogens is 402 g/mol. The molecule has 1 N–H and O–H groups in total. The minimum atomic E-state index is -3.70. The zero-order chi connectivity index (χ0) is 22.3. The van der Waals surface area contributed by atoms with E-state index in [1.54, 1.807) is 30.3 Å². The van der Waals surface area contributed by atoms with E-state index in [9.17, 15) is 18.0 Å². The average Bonchev–Trinajstić information content (AvgIpc) is 2.72. The second-order valence-corrected chi connectivity index (χ2v) is 9.06. The number of benzene rings is 2. The normalized spacial score (nSPS) is 12.1. The Labute approximate surface area is 178 Å². The van der Waals surface area contributed by atoms with Gasteiger partial charge in [0.1, 0.15) is 12.6 Å². The van der Waals surface area contributed by atoms with E-state index in [0.717, 1.165) is 21.7 Å². The maximum atomic E-state index is 13.3. The van der Waals surface area contributed by atoms with Gasteiger partial charge in [0.2, 0.25) is 21.8 Å². The van der Waals surface area contributed by atoms with Crippen molar-refractivity contribution < 1.29 is 18.0 Å². The lowest BCUT2D eigenvalue weighted by atomic mass is 10.1. The lowest BCUT2D eigenvalue weighted by Gasteiger charge is -2.32. The number of sulfonamides is 1. The predicted octanol–water partition coefficient (Wildman–Crippen LogP) is 2.31. The molecule has 2 amide bonds. The molecule has 0 aliphatic carbocycles. The van der Waals surface area contributed by atoms with Crippen LogP contribution in [-0.4, -0.2) is 51.0 Å². The quantitative estimate of drug-likeness (QED) is 0.660. The molecule has 1 atom stereocenters. The number of nitrogens with zero attached hydrogens (tertiary/aromatic N) is 2. The molecule has 30 heavy (non-hydrogen) atoms. The maximum absolute atomic E-state index is 13.3. The molecule has 0 spiro atoms. The number of rotatable bonds is 9. The van der Waals surface area contributed by atoms with E-state index in [2.05, 4.69) is 5.32 Å². The van der Waals surface area contributed by atoms with E-state index in [4.69, 9.17) is 0 Å². The first kappa shape index (κ1) is 23.4. The summed E-state index contributed by atoms with van der Waals surface area (Å²) in [6.45, 7) is 3.61. The summed E-state index contributed by atoms with van der Waals surface area (Å²) < 4.78 is 25.8. The highest BCUT2D eigenvalue weighted by atomic mass is 32.2. The van der Waals surface area contributed by atoms with E-state index >= 15 is 0 Å². The first-order chi connectivity index (χ1) is 14.2. The molecule has 0 fully saturated rings. The van der Waals surface area contributed by atoms with Gasteiger partial charge in [-0.1, -0.05) is 55.0 Å². The zero-order valence-electron chi connectivity index (χ0n) is 17.8. The summed E-state index contributed by atoms with van der Waals surface area (Å²) >= 11 is 0. The minimum absolute atomic E-state index is 0.206. The van der Waals surface area contributed by atoms with E-state index in [1.807, 2.05) is 38.1 Å².